The molecule has 0 radical (unpaired) electrons. The van der Waals surface area contributed by atoms with E-state index in [0.29, 0.717) is 18.9 Å². The minimum absolute atomic E-state index is 0.135. The van der Waals surface area contributed by atoms with E-state index in [1.54, 1.807) is 21.6 Å². The maximum Gasteiger partial charge on any atom is 0.266 e. The second-order valence-corrected chi connectivity index (χ2v) is 5.38. The SMILES string of the molecule is CCn1cc(S(=O)(=O)Nc2ccn(CC)n2)cn1. The van der Waals surface area contributed by atoms with E-state index in [9.17, 15) is 8.42 Å². The Hall–Kier alpha value is -1.83. The Morgan fingerprint density at radius 3 is 2.56 bits per heavy atom. The molecule has 0 atom stereocenters. The summed E-state index contributed by atoms with van der Waals surface area (Å²) < 4.78 is 29.6. The van der Waals surface area contributed by atoms with Gasteiger partial charge in [0.25, 0.3) is 10.0 Å². The quantitative estimate of drug-likeness (QED) is 0.875. The van der Waals surface area contributed by atoms with Crippen LogP contribution in [0, 0.1) is 0 Å². The van der Waals surface area contributed by atoms with Crippen LogP contribution < -0.4 is 4.72 Å². The van der Waals surface area contributed by atoms with E-state index >= 15 is 0 Å². The van der Waals surface area contributed by atoms with Crippen molar-refractivity contribution in [3.05, 3.63) is 24.7 Å². The van der Waals surface area contributed by atoms with Crippen LogP contribution in [0.2, 0.25) is 0 Å². The predicted molar refractivity (Wildman–Crippen MR) is 66.6 cm³/mol. The zero-order valence-electron chi connectivity index (χ0n) is 10.2. The molecule has 0 amide bonds. The van der Waals surface area contributed by atoms with E-state index < -0.39 is 10.0 Å². The van der Waals surface area contributed by atoms with Gasteiger partial charge in [0, 0.05) is 31.5 Å². The Balaban J connectivity index is 2.21. The van der Waals surface area contributed by atoms with Gasteiger partial charge in [-0.05, 0) is 13.8 Å². The van der Waals surface area contributed by atoms with Crippen molar-refractivity contribution >= 4 is 15.8 Å². The van der Waals surface area contributed by atoms with Crippen molar-refractivity contribution < 1.29 is 8.42 Å². The molecule has 0 saturated carbocycles. The Morgan fingerprint density at radius 1 is 1.28 bits per heavy atom. The highest BCUT2D eigenvalue weighted by atomic mass is 32.2. The van der Waals surface area contributed by atoms with Gasteiger partial charge in [-0.3, -0.25) is 14.1 Å². The molecule has 2 aromatic rings. The van der Waals surface area contributed by atoms with Gasteiger partial charge in [-0.1, -0.05) is 0 Å². The first-order chi connectivity index (χ1) is 8.55. The Labute approximate surface area is 105 Å². The Kier molecular flexibility index (Phi) is 3.37. The highest BCUT2D eigenvalue weighted by molar-refractivity contribution is 7.92. The third-order valence-corrected chi connectivity index (χ3v) is 3.76. The van der Waals surface area contributed by atoms with Crippen molar-refractivity contribution in [3.63, 3.8) is 0 Å². The fourth-order valence-electron chi connectivity index (χ4n) is 1.45. The number of sulfonamides is 1. The van der Waals surface area contributed by atoms with E-state index in [0.717, 1.165) is 0 Å². The lowest BCUT2D eigenvalue weighted by Gasteiger charge is -2.02. The molecule has 0 unspecified atom stereocenters. The average Bonchev–Trinajstić information content (AvgIpc) is 2.96. The van der Waals surface area contributed by atoms with Crippen LogP contribution in [-0.4, -0.2) is 28.0 Å². The number of aromatic nitrogens is 4. The molecule has 0 aromatic carbocycles. The molecule has 0 aliphatic heterocycles. The molecule has 18 heavy (non-hydrogen) atoms. The number of hydrogen-bond donors (Lipinski definition) is 1. The van der Waals surface area contributed by atoms with Gasteiger partial charge in [0.2, 0.25) is 0 Å². The number of hydrogen-bond acceptors (Lipinski definition) is 4. The van der Waals surface area contributed by atoms with Crippen LogP contribution in [0.25, 0.3) is 0 Å². The molecule has 0 spiro atoms. The molecule has 7 nitrogen and oxygen atoms in total. The van der Waals surface area contributed by atoms with E-state index in [1.165, 1.54) is 12.4 Å². The smallest absolute Gasteiger partial charge is 0.266 e. The molecule has 0 bridgehead atoms. The summed E-state index contributed by atoms with van der Waals surface area (Å²) in [5, 5.41) is 8.00. The monoisotopic (exact) mass is 269 g/mol. The zero-order chi connectivity index (χ0) is 13.2. The van der Waals surface area contributed by atoms with Crippen LogP contribution in [0.5, 0.6) is 0 Å². The number of aryl methyl sites for hydroxylation is 2. The topological polar surface area (TPSA) is 81.8 Å². The lowest BCUT2D eigenvalue weighted by atomic mass is 10.7. The summed E-state index contributed by atoms with van der Waals surface area (Å²) in [5.74, 6) is 0.307. The highest BCUT2D eigenvalue weighted by Gasteiger charge is 2.17. The lowest BCUT2D eigenvalue weighted by Crippen LogP contribution is -2.13. The standard InChI is InChI=1S/C10H15N5O2S/c1-3-14-6-5-10(12-14)13-18(16,17)9-7-11-15(4-2)8-9/h5-8H,3-4H2,1-2H3,(H,12,13). The van der Waals surface area contributed by atoms with Crippen molar-refractivity contribution in [3.8, 4) is 0 Å². The summed E-state index contributed by atoms with van der Waals surface area (Å²) in [6.45, 7) is 5.13. The van der Waals surface area contributed by atoms with Crippen LogP contribution >= 0.6 is 0 Å². The summed E-state index contributed by atoms with van der Waals surface area (Å²) in [4.78, 5) is 0.135. The van der Waals surface area contributed by atoms with E-state index in [2.05, 4.69) is 14.9 Å². The number of anilines is 1. The summed E-state index contributed by atoms with van der Waals surface area (Å²) in [6, 6.07) is 1.62. The molecule has 8 heteroatoms. The fourth-order valence-corrected chi connectivity index (χ4v) is 2.39. The first kappa shape index (κ1) is 12.6. The van der Waals surface area contributed by atoms with Gasteiger partial charge in [-0.25, -0.2) is 8.42 Å². The normalized spacial score (nSPS) is 11.7. The second-order valence-electron chi connectivity index (χ2n) is 3.69. The molecule has 98 valence electrons. The summed E-state index contributed by atoms with van der Waals surface area (Å²) in [7, 11) is -3.61. The minimum atomic E-state index is -3.61. The van der Waals surface area contributed by atoms with Gasteiger partial charge in [0.05, 0.1) is 6.20 Å². The lowest BCUT2D eigenvalue weighted by molar-refractivity contribution is 0.599. The van der Waals surface area contributed by atoms with Gasteiger partial charge in [0.15, 0.2) is 5.82 Å². The fraction of sp³-hybridized carbons (Fsp3) is 0.400. The summed E-state index contributed by atoms with van der Waals surface area (Å²) >= 11 is 0. The van der Waals surface area contributed by atoms with E-state index in [4.69, 9.17) is 0 Å². The van der Waals surface area contributed by atoms with Crippen LogP contribution in [-0.2, 0) is 23.1 Å². The van der Waals surface area contributed by atoms with Gasteiger partial charge >= 0.3 is 0 Å². The van der Waals surface area contributed by atoms with Crippen molar-refractivity contribution in [1.29, 1.82) is 0 Å². The number of nitrogens with one attached hydrogen (secondary N) is 1. The summed E-state index contributed by atoms with van der Waals surface area (Å²) in [5.41, 5.74) is 0. The van der Waals surface area contributed by atoms with E-state index in [1.807, 2.05) is 13.8 Å². The first-order valence-electron chi connectivity index (χ1n) is 5.64. The molecule has 2 aromatic heterocycles. The Bertz CT molecular complexity index is 628. The minimum Gasteiger partial charge on any atom is -0.272 e. The highest BCUT2D eigenvalue weighted by Crippen LogP contribution is 2.13. The Morgan fingerprint density at radius 2 is 2.00 bits per heavy atom. The molecule has 0 fully saturated rings. The van der Waals surface area contributed by atoms with Gasteiger partial charge in [0.1, 0.15) is 4.90 Å². The predicted octanol–water partition coefficient (Wildman–Crippen LogP) is 0.920. The summed E-state index contributed by atoms with van der Waals surface area (Å²) in [6.07, 6.45) is 4.52. The molecule has 0 aliphatic rings. The third-order valence-electron chi connectivity index (χ3n) is 2.45. The molecule has 1 N–H and O–H groups in total. The third kappa shape index (κ3) is 2.53. The van der Waals surface area contributed by atoms with Gasteiger partial charge < -0.3 is 0 Å². The number of rotatable bonds is 5. The van der Waals surface area contributed by atoms with Gasteiger partial charge in [-0.15, -0.1) is 0 Å². The molecule has 0 saturated heterocycles. The maximum atomic E-state index is 12.0. The maximum absolute atomic E-state index is 12.0. The van der Waals surface area contributed by atoms with Crippen LogP contribution in [0.3, 0.4) is 0 Å². The van der Waals surface area contributed by atoms with Crippen LogP contribution in [0.4, 0.5) is 5.82 Å². The largest absolute Gasteiger partial charge is 0.272 e. The molecular weight excluding hydrogens is 254 g/mol. The zero-order valence-corrected chi connectivity index (χ0v) is 11.1. The second kappa shape index (κ2) is 4.81. The van der Waals surface area contributed by atoms with Crippen molar-refractivity contribution in [2.24, 2.45) is 0 Å². The van der Waals surface area contributed by atoms with Crippen molar-refractivity contribution in [2.45, 2.75) is 31.8 Å². The molecule has 2 rings (SSSR count). The first-order valence-corrected chi connectivity index (χ1v) is 7.12. The molecule has 0 aliphatic carbocycles. The molecular formula is C10H15N5O2S. The van der Waals surface area contributed by atoms with E-state index in [-0.39, 0.29) is 4.90 Å². The molecule has 2 heterocycles. The van der Waals surface area contributed by atoms with Crippen molar-refractivity contribution in [1.82, 2.24) is 19.6 Å². The van der Waals surface area contributed by atoms with Crippen molar-refractivity contribution in [2.75, 3.05) is 4.72 Å². The van der Waals surface area contributed by atoms with Gasteiger partial charge in [-0.2, -0.15) is 10.2 Å². The average molecular weight is 269 g/mol. The van der Waals surface area contributed by atoms with Crippen LogP contribution in [0.1, 0.15) is 13.8 Å². The number of nitrogens with zero attached hydrogens (tertiary/aromatic N) is 4. The van der Waals surface area contributed by atoms with Crippen LogP contribution in [0.15, 0.2) is 29.6 Å².